The summed E-state index contributed by atoms with van der Waals surface area (Å²) >= 11 is 0. The average molecular weight is 266 g/mol. The van der Waals surface area contributed by atoms with Crippen LogP contribution in [0.3, 0.4) is 0 Å². The van der Waals surface area contributed by atoms with Crippen molar-refractivity contribution in [2.75, 3.05) is 25.0 Å². The van der Waals surface area contributed by atoms with Gasteiger partial charge in [0.15, 0.2) is 0 Å². The van der Waals surface area contributed by atoms with E-state index in [1.165, 1.54) is 6.92 Å². The number of amides is 1. The van der Waals surface area contributed by atoms with Gasteiger partial charge in [0.25, 0.3) is 0 Å². The van der Waals surface area contributed by atoms with E-state index in [0.717, 1.165) is 26.2 Å². The van der Waals surface area contributed by atoms with Crippen LogP contribution < -0.4 is 5.32 Å². The monoisotopic (exact) mass is 266 g/mol. The van der Waals surface area contributed by atoms with Crippen LogP contribution in [0.1, 0.15) is 27.2 Å². The van der Waals surface area contributed by atoms with Crippen LogP contribution in [0.5, 0.6) is 0 Å². The molecule has 0 fully saturated rings. The SMILES string of the molecule is CCN(CC)CCn1cc(NC(=O)CC(C)=O)cn1. The molecule has 1 amide bonds. The van der Waals surface area contributed by atoms with Gasteiger partial charge in [0.1, 0.15) is 5.78 Å². The summed E-state index contributed by atoms with van der Waals surface area (Å²) in [6.07, 6.45) is 3.28. The molecule has 19 heavy (non-hydrogen) atoms. The van der Waals surface area contributed by atoms with Gasteiger partial charge in [-0.15, -0.1) is 0 Å². The molecular formula is C13H22N4O2. The molecule has 0 radical (unpaired) electrons. The Morgan fingerprint density at radius 2 is 2.05 bits per heavy atom. The zero-order valence-corrected chi connectivity index (χ0v) is 11.8. The molecule has 0 aliphatic carbocycles. The molecular weight excluding hydrogens is 244 g/mol. The number of hydrogen-bond acceptors (Lipinski definition) is 4. The van der Waals surface area contributed by atoms with Gasteiger partial charge in [-0.3, -0.25) is 14.3 Å². The minimum Gasteiger partial charge on any atom is -0.323 e. The summed E-state index contributed by atoms with van der Waals surface area (Å²) in [6, 6.07) is 0. The number of likely N-dealkylation sites (N-methyl/N-ethyl adjacent to an activating group) is 1. The Balaban J connectivity index is 2.44. The van der Waals surface area contributed by atoms with E-state index in [4.69, 9.17) is 0 Å². The number of Topliss-reactive ketones (excluding diaryl/α,β-unsaturated/α-hetero) is 1. The van der Waals surface area contributed by atoms with Crippen molar-refractivity contribution < 1.29 is 9.59 Å². The first-order chi connectivity index (χ1) is 9.05. The first-order valence-corrected chi connectivity index (χ1v) is 6.59. The molecule has 0 saturated carbocycles. The lowest BCUT2D eigenvalue weighted by atomic mass is 10.3. The topological polar surface area (TPSA) is 67.2 Å². The quantitative estimate of drug-likeness (QED) is 0.717. The van der Waals surface area contributed by atoms with Crippen molar-refractivity contribution in [2.45, 2.75) is 33.7 Å². The maximum atomic E-state index is 11.4. The molecule has 0 bridgehead atoms. The summed E-state index contributed by atoms with van der Waals surface area (Å²) in [6.45, 7) is 9.38. The average Bonchev–Trinajstić information content (AvgIpc) is 2.77. The van der Waals surface area contributed by atoms with Crippen LogP contribution in [0.15, 0.2) is 12.4 Å². The van der Waals surface area contributed by atoms with E-state index in [2.05, 4.69) is 29.2 Å². The predicted molar refractivity (Wildman–Crippen MR) is 73.9 cm³/mol. The molecule has 0 aromatic carbocycles. The summed E-state index contributed by atoms with van der Waals surface area (Å²) in [5.41, 5.74) is 0.630. The van der Waals surface area contributed by atoms with E-state index >= 15 is 0 Å². The number of anilines is 1. The highest BCUT2D eigenvalue weighted by molar-refractivity contribution is 6.03. The fourth-order valence-corrected chi connectivity index (χ4v) is 1.77. The number of aromatic nitrogens is 2. The summed E-state index contributed by atoms with van der Waals surface area (Å²) in [7, 11) is 0. The van der Waals surface area contributed by atoms with Crippen molar-refractivity contribution in [3.8, 4) is 0 Å². The van der Waals surface area contributed by atoms with E-state index in [9.17, 15) is 9.59 Å². The minimum atomic E-state index is -0.296. The Hall–Kier alpha value is -1.69. The molecule has 0 unspecified atom stereocenters. The largest absolute Gasteiger partial charge is 0.323 e. The number of carbonyl (C=O) groups excluding carboxylic acids is 2. The van der Waals surface area contributed by atoms with Crippen molar-refractivity contribution in [3.05, 3.63) is 12.4 Å². The zero-order chi connectivity index (χ0) is 14.3. The molecule has 1 heterocycles. The minimum absolute atomic E-state index is 0.0926. The van der Waals surface area contributed by atoms with E-state index in [0.29, 0.717) is 5.69 Å². The lowest BCUT2D eigenvalue weighted by Crippen LogP contribution is -2.27. The normalized spacial score (nSPS) is 10.7. The maximum Gasteiger partial charge on any atom is 0.231 e. The van der Waals surface area contributed by atoms with E-state index in [1.807, 2.05) is 0 Å². The van der Waals surface area contributed by atoms with Crippen molar-refractivity contribution in [2.24, 2.45) is 0 Å². The summed E-state index contributed by atoms with van der Waals surface area (Å²) < 4.78 is 1.79. The van der Waals surface area contributed by atoms with Gasteiger partial charge < -0.3 is 10.2 Å². The number of rotatable bonds is 8. The molecule has 0 aliphatic heterocycles. The van der Waals surface area contributed by atoms with Gasteiger partial charge in [-0.25, -0.2) is 0 Å². The Morgan fingerprint density at radius 1 is 1.37 bits per heavy atom. The standard InChI is InChI=1S/C13H22N4O2/c1-4-16(5-2)6-7-17-10-12(9-14-17)15-13(19)8-11(3)18/h9-10H,4-8H2,1-3H3,(H,15,19). The van der Waals surface area contributed by atoms with Crippen LogP contribution in [0.2, 0.25) is 0 Å². The van der Waals surface area contributed by atoms with Crippen LogP contribution in [0, 0.1) is 0 Å². The smallest absolute Gasteiger partial charge is 0.231 e. The highest BCUT2D eigenvalue weighted by Crippen LogP contribution is 2.05. The Kier molecular flexibility index (Phi) is 6.21. The van der Waals surface area contributed by atoms with Crippen molar-refractivity contribution in [1.29, 1.82) is 0 Å². The van der Waals surface area contributed by atoms with Crippen LogP contribution in [-0.4, -0.2) is 46.0 Å². The molecule has 1 aromatic rings. The van der Waals surface area contributed by atoms with Crippen LogP contribution >= 0.6 is 0 Å². The highest BCUT2D eigenvalue weighted by atomic mass is 16.2. The zero-order valence-electron chi connectivity index (χ0n) is 11.8. The third-order valence-electron chi connectivity index (χ3n) is 2.87. The number of nitrogens with one attached hydrogen (secondary N) is 1. The summed E-state index contributed by atoms with van der Waals surface area (Å²) in [5.74, 6) is -0.442. The molecule has 0 atom stereocenters. The van der Waals surface area contributed by atoms with Gasteiger partial charge in [0.2, 0.25) is 5.91 Å². The second-order valence-electron chi connectivity index (χ2n) is 4.45. The second kappa shape index (κ2) is 7.68. The first-order valence-electron chi connectivity index (χ1n) is 6.59. The Morgan fingerprint density at radius 3 is 2.63 bits per heavy atom. The Bertz CT molecular complexity index is 424. The fraction of sp³-hybridized carbons (Fsp3) is 0.615. The summed E-state index contributed by atoms with van der Waals surface area (Å²) in [5, 5.41) is 6.83. The number of hydrogen-bond donors (Lipinski definition) is 1. The maximum absolute atomic E-state index is 11.4. The molecule has 0 aliphatic rings. The molecule has 1 rings (SSSR count). The Labute approximate surface area is 113 Å². The highest BCUT2D eigenvalue weighted by Gasteiger charge is 2.07. The number of ketones is 1. The fourth-order valence-electron chi connectivity index (χ4n) is 1.77. The van der Waals surface area contributed by atoms with Gasteiger partial charge in [-0.1, -0.05) is 13.8 Å². The van der Waals surface area contributed by atoms with Gasteiger partial charge >= 0.3 is 0 Å². The van der Waals surface area contributed by atoms with E-state index in [1.54, 1.807) is 17.1 Å². The van der Waals surface area contributed by atoms with Crippen molar-refractivity contribution >= 4 is 17.4 Å². The van der Waals surface area contributed by atoms with Gasteiger partial charge in [0.05, 0.1) is 24.8 Å². The molecule has 1 N–H and O–H groups in total. The predicted octanol–water partition coefficient (Wildman–Crippen LogP) is 1.14. The first kappa shape index (κ1) is 15.4. The van der Waals surface area contributed by atoms with Crippen LogP contribution in [0.4, 0.5) is 5.69 Å². The molecule has 6 heteroatoms. The van der Waals surface area contributed by atoms with Crippen molar-refractivity contribution in [1.82, 2.24) is 14.7 Å². The number of nitrogens with zero attached hydrogens (tertiary/aromatic N) is 3. The number of carbonyl (C=O) groups is 2. The van der Waals surface area contributed by atoms with Gasteiger partial charge in [-0.05, 0) is 20.0 Å². The van der Waals surface area contributed by atoms with Crippen LogP contribution in [0.25, 0.3) is 0 Å². The van der Waals surface area contributed by atoms with E-state index in [-0.39, 0.29) is 18.1 Å². The molecule has 106 valence electrons. The lowest BCUT2D eigenvalue weighted by Gasteiger charge is -2.17. The lowest BCUT2D eigenvalue weighted by molar-refractivity contribution is -0.124. The summed E-state index contributed by atoms with van der Waals surface area (Å²) in [4.78, 5) is 24.5. The molecule has 0 spiro atoms. The van der Waals surface area contributed by atoms with E-state index < -0.39 is 0 Å². The third-order valence-corrected chi connectivity index (χ3v) is 2.87. The molecule has 1 aromatic heterocycles. The van der Waals surface area contributed by atoms with Gasteiger partial charge in [0, 0.05) is 12.7 Å². The second-order valence-corrected chi connectivity index (χ2v) is 4.45. The van der Waals surface area contributed by atoms with Crippen molar-refractivity contribution in [3.63, 3.8) is 0 Å². The molecule has 0 saturated heterocycles. The molecule has 6 nitrogen and oxygen atoms in total. The third kappa shape index (κ3) is 5.65. The van der Waals surface area contributed by atoms with Crippen LogP contribution in [-0.2, 0) is 16.1 Å². The van der Waals surface area contributed by atoms with Gasteiger partial charge in [-0.2, -0.15) is 5.10 Å².